The van der Waals surface area contributed by atoms with Gasteiger partial charge in [0.25, 0.3) is 0 Å². The van der Waals surface area contributed by atoms with Gasteiger partial charge in [-0.05, 0) is 63.9 Å². The van der Waals surface area contributed by atoms with E-state index in [-0.39, 0.29) is 5.54 Å². The van der Waals surface area contributed by atoms with Gasteiger partial charge in [0, 0.05) is 25.7 Å². The van der Waals surface area contributed by atoms with E-state index in [9.17, 15) is 0 Å². The number of aliphatic imine (C=N–C) groups is 1. The first-order valence-corrected chi connectivity index (χ1v) is 9.29. The van der Waals surface area contributed by atoms with E-state index in [1.807, 2.05) is 13.1 Å². The molecule has 1 heterocycles. The van der Waals surface area contributed by atoms with Gasteiger partial charge in [0.1, 0.15) is 5.75 Å². The summed E-state index contributed by atoms with van der Waals surface area (Å²) in [6, 6.07) is 6.25. The summed E-state index contributed by atoms with van der Waals surface area (Å²) in [5, 5.41) is 6.89. The minimum Gasteiger partial charge on any atom is -0.496 e. The zero-order valence-corrected chi connectivity index (χ0v) is 16.5. The summed E-state index contributed by atoms with van der Waals surface area (Å²) >= 11 is 0. The zero-order valence-electron chi connectivity index (χ0n) is 16.5. The molecule has 0 radical (unpaired) electrons. The maximum absolute atomic E-state index is 5.32. The van der Waals surface area contributed by atoms with Gasteiger partial charge in [-0.15, -0.1) is 0 Å². The SMILES string of the molecule is CN=C(NCc1ccc(OC)c(C)c1)NCC(C)(C)N1CCCCC1. The zero-order chi connectivity index (χ0) is 18.3. The molecule has 1 aliphatic rings. The number of ether oxygens (including phenoxy) is 1. The number of nitrogens with one attached hydrogen (secondary N) is 2. The van der Waals surface area contributed by atoms with Gasteiger partial charge < -0.3 is 15.4 Å². The molecule has 1 aromatic rings. The number of benzene rings is 1. The molecule has 1 aromatic carbocycles. The molecule has 2 N–H and O–H groups in total. The van der Waals surface area contributed by atoms with E-state index in [0.717, 1.165) is 30.4 Å². The average molecular weight is 347 g/mol. The van der Waals surface area contributed by atoms with E-state index >= 15 is 0 Å². The summed E-state index contributed by atoms with van der Waals surface area (Å²) < 4.78 is 5.32. The Labute approximate surface area is 152 Å². The van der Waals surface area contributed by atoms with Crippen LogP contribution in [0.2, 0.25) is 0 Å². The Balaban J connectivity index is 1.85. The molecule has 0 unspecified atom stereocenters. The quantitative estimate of drug-likeness (QED) is 0.614. The van der Waals surface area contributed by atoms with Crippen molar-refractivity contribution in [3.63, 3.8) is 0 Å². The average Bonchev–Trinajstić information content (AvgIpc) is 2.62. The van der Waals surface area contributed by atoms with Crippen LogP contribution < -0.4 is 15.4 Å². The number of hydrogen-bond donors (Lipinski definition) is 2. The Morgan fingerprint density at radius 1 is 1.20 bits per heavy atom. The highest BCUT2D eigenvalue weighted by Crippen LogP contribution is 2.20. The van der Waals surface area contributed by atoms with Crippen molar-refractivity contribution in [3.05, 3.63) is 29.3 Å². The van der Waals surface area contributed by atoms with Gasteiger partial charge in [0.05, 0.1) is 7.11 Å². The van der Waals surface area contributed by atoms with Crippen LogP contribution in [0.5, 0.6) is 5.75 Å². The van der Waals surface area contributed by atoms with Crippen molar-refractivity contribution < 1.29 is 4.74 Å². The second kappa shape index (κ2) is 9.09. The maximum atomic E-state index is 5.32. The molecule has 1 saturated heterocycles. The first-order chi connectivity index (χ1) is 12.0. The first kappa shape index (κ1) is 19.6. The number of nitrogens with zero attached hydrogens (tertiary/aromatic N) is 2. The van der Waals surface area contributed by atoms with Gasteiger partial charge in [0.15, 0.2) is 5.96 Å². The van der Waals surface area contributed by atoms with E-state index in [2.05, 4.69) is 53.4 Å². The molecular weight excluding hydrogens is 312 g/mol. The molecule has 5 heteroatoms. The van der Waals surface area contributed by atoms with Crippen LogP contribution in [0.1, 0.15) is 44.2 Å². The van der Waals surface area contributed by atoms with Crippen molar-refractivity contribution in [2.75, 3.05) is 33.8 Å². The lowest BCUT2D eigenvalue weighted by Crippen LogP contribution is -2.54. The topological polar surface area (TPSA) is 48.9 Å². The molecule has 0 aromatic heterocycles. The van der Waals surface area contributed by atoms with Crippen molar-refractivity contribution in [1.29, 1.82) is 0 Å². The highest BCUT2D eigenvalue weighted by atomic mass is 16.5. The number of likely N-dealkylation sites (tertiary alicyclic amines) is 1. The molecule has 0 saturated carbocycles. The molecule has 1 aliphatic heterocycles. The Hall–Kier alpha value is -1.75. The van der Waals surface area contributed by atoms with Crippen LogP contribution in [0.25, 0.3) is 0 Å². The molecule has 25 heavy (non-hydrogen) atoms. The minimum absolute atomic E-state index is 0.134. The molecular formula is C20H34N4O. The van der Waals surface area contributed by atoms with Crippen LogP contribution in [-0.4, -0.2) is 50.2 Å². The monoisotopic (exact) mass is 346 g/mol. The molecule has 0 spiro atoms. The summed E-state index contributed by atoms with van der Waals surface area (Å²) in [5.41, 5.74) is 2.50. The lowest BCUT2D eigenvalue weighted by molar-refractivity contribution is 0.0982. The first-order valence-electron chi connectivity index (χ1n) is 9.29. The Kier molecular flexibility index (Phi) is 7.12. The molecule has 0 aliphatic carbocycles. The normalized spacial score (nSPS) is 16.6. The van der Waals surface area contributed by atoms with E-state index in [1.54, 1.807) is 7.11 Å². The summed E-state index contributed by atoms with van der Waals surface area (Å²) in [4.78, 5) is 6.95. The van der Waals surface area contributed by atoms with Crippen LogP contribution in [0.3, 0.4) is 0 Å². The van der Waals surface area contributed by atoms with Crippen LogP contribution in [0.15, 0.2) is 23.2 Å². The highest BCUT2D eigenvalue weighted by molar-refractivity contribution is 5.79. The molecule has 0 amide bonds. The van der Waals surface area contributed by atoms with Crippen molar-refractivity contribution in [2.45, 2.75) is 52.1 Å². The van der Waals surface area contributed by atoms with Gasteiger partial charge in [0.2, 0.25) is 0 Å². The minimum atomic E-state index is 0.134. The van der Waals surface area contributed by atoms with Crippen LogP contribution >= 0.6 is 0 Å². The van der Waals surface area contributed by atoms with Crippen LogP contribution in [-0.2, 0) is 6.54 Å². The number of piperidine rings is 1. The molecule has 0 atom stereocenters. The van der Waals surface area contributed by atoms with E-state index in [1.165, 1.54) is 37.9 Å². The van der Waals surface area contributed by atoms with Gasteiger partial charge in [-0.2, -0.15) is 0 Å². The smallest absolute Gasteiger partial charge is 0.191 e. The predicted molar refractivity (Wildman–Crippen MR) is 105 cm³/mol. The number of methoxy groups -OCH3 is 1. The Morgan fingerprint density at radius 3 is 2.52 bits per heavy atom. The fourth-order valence-electron chi connectivity index (χ4n) is 3.37. The van der Waals surface area contributed by atoms with Gasteiger partial charge in [-0.25, -0.2) is 0 Å². The van der Waals surface area contributed by atoms with Crippen molar-refractivity contribution >= 4 is 5.96 Å². The summed E-state index contributed by atoms with van der Waals surface area (Å²) in [7, 11) is 3.53. The van der Waals surface area contributed by atoms with Gasteiger partial charge in [-0.3, -0.25) is 9.89 Å². The number of aryl methyl sites for hydroxylation is 1. The second-order valence-electron chi connectivity index (χ2n) is 7.44. The molecule has 5 nitrogen and oxygen atoms in total. The second-order valence-corrected chi connectivity index (χ2v) is 7.44. The summed E-state index contributed by atoms with van der Waals surface area (Å²) in [6.07, 6.45) is 3.99. The molecule has 1 fully saturated rings. The summed E-state index contributed by atoms with van der Waals surface area (Å²) in [5.74, 6) is 1.77. The van der Waals surface area contributed by atoms with Gasteiger partial charge >= 0.3 is 0 Å². The third kappa shape index (κ3) is 5.63. The lowest BCUT2D eigenvalue weighted by atomic mass is 9.98. The molecule has 2 rings (SSSR count). The van der Waals surface area contributed by atoms with Crippen molar-refractivity contribution in [2.24, 2.45) is 4.99 Å². The van der Waals surface area contributed by atoms with E-state index in [0.29, 0.717) is 0 Å². The standard InChI is InChI=1S/C20H34N4O/c1-16-13-17(9-10-18(16)25-5)14-22-19(21-4)23-15-20(2,3)24-11-7-6-8-12-24/h9-10,13H,6-8,11-12,14-15H2,1-5H3,(H2,21,22,23). The third-order valence-corrected chi connectivity index (χ3v) is 5.04. The molecule has 0 bridgehead atoms. The highest BCUT2D eigenvalue weighted by Gasteiger charge is 2.27. The van der Waals surface area contributed by atoms with Gasteiger partial charge in [-0.1, -0.05) is 18.6 Å². The number of rotatable bonds is 6. The predicted octanol–water partition coefficient (Wildman–Crippen LogP) is 2.93. The van der Waals surface area contributed by atoms with E-state index in [4.69, 9.17) is 4.74 Å². The summed E-state index contributed by atoms with van der Waals surface area (Å²) in [6.45, 7) is 10.7. The van der Waals surface area contributed by atoms with E-state index < -0.39 is 0 Å². The fourth-order valence-corrected chi connectivity index (χ4v) is 3.37. The Bertz CT molecular complexity index is 577. The molecule has 140 valence electrons. The van der Waals surface area contributed by atoms with Crippen LogP contribution in [0, 0.1) is 6.92 Å². The number of guanidine groups is 1. The fraction of sp³-hybridized carbons (Fsp3) is 0.650. The Morgan fingerprint density at radius 2 is 1.92 bits per heavy atom. The van der Waals surface area contributed by atoms with Crippen LogP contribution in [0.4, 0.5) is 0 Å². The van der Waals surface area contributed by atoms with Crippen molar-refractivity contribution in [1.82, 2.24) is 15.5 Å². The lowest BCUT2D eigenvalue weighted by Gasteiger charge is -2.41. The van der Waals surface area contributed by atoms with Crippen molar-refractivity contribution in [3.8, 4) is 5.75 Å². The number of hydrogen-bond acceptors (Lipinski definition) is 3. The maximum Gasteiger partial charge on any atom is 0.191 e. The third-order valence-electron chi connectivity index (χ3n) is 5.04. The largest absolute Gasteiger partial charge is 0.496 e.